The summed E-state index contributed by atoms with van der Waals surface area (Å²) in [7, 11) is 0. The van der Waals surface area contributed by atoms with Crippen LogP contribution in [0.3, 0.4) is 0 Å². The molecule has 0 spiro atoms. The van der Waals surface area contributed by atoms with Crippen LogP contribution in [0, 0.1) is 18.3 Å². The molecule has 0 aliphatic carbocycles. The van der Waals surface area contributed by atoms with E-state index in [1.165, 1.54) is 6.20 Å². The standard InChI is InChI=1S/C24H38N6O5/c1-6-7-8-18(15-30(35)16-31)21(32)27-20(24(3,4)5)23(34)29-11-9-28(10-12-29)22(33)19-14-25-17(2)13-26-19/h13-14,16,18,20,35H,6-12,15H2,1-5H3,(H,27,32)/t18-,20?/m1/s1. The van der Waals surface area contributed by atoms with Crippen LogP contribution in [-0.2, 0) is 14.4 Å². The van der Waals surface area contributed by atoms with Crippen molar-refractivity contribution < 1.29 is 24.4 Å². The third-order valence-corrected chi connectivity index (χ3v) is 6.08. The Hall–Kier alpha value is -3.08. The summed E-state index contributed by atoms with van der Waals surface area (Å²) in [6.45, 7) is 10.6. The van der Waals surface area contributed by atoms with Crippen LogP contribution in [0.2, 0.25) is 0 Å². The van der Waals surface area contributed by atoms with Gasteiger partial charge < -0.3 is 15.1 Å². The van der Waals surface area contributed by atoms with Gasteiger partial charge in [-0.2, -0.15) is 0 Å². The maximum absolute atomic E-state index is 13.4. The zero-order chi connectivity index (χ0) is 26.2. The molecule has 11 heteroatoms. The molecule has 2 atom stereocenters. The highest BCUT2D eigenvalue weighted by Crippen LogP contribution is 2.23. The lowest BCUT2D eigenvalue weighted by Crippen LogP contribution is -2.60. The number of unbranched alkanes of at least 4 members (excludes halogenated alkanes) is 1. The SMILES string of the molecule is CCCC[C@H](CN(O)C=O)C(=O)NC(C(=O)N1CCN(C(=O)c2cnc(C)cn2)CC1)C(C)(C)C. The third kappa shape index (κ3) is 7.98. The van der Waals surface area contributed by atoms with E-state index in [2.05, 4.69) is 15.3 Å². The zero-order valence-corrected chi connectivity index (χ0v) is 21.4. The molecular formula is C24H38N6O5. The van der Waals surface area contributed by atoms with Gasteiger partial charge in [0, 0.05) is 32.4 Å². The number of nitrogens with one attached hydrogen (secondary N) is 1. The quantitative estimate of drug-likeness (QED) is 0.286. The van der Waals surface area contributed by atoms with Crippen molar-refractivity contribution in [3.05, 3.63) is 23.8 Å². The molecule has 1 aliphatic rings. The summed E-state index contributed by atoms with van der Waals surface area (Å²) in [6.07, 6.45) is 5.36. The number of carbonyl (C=O) groups excluding carboxylic acids is 4. The van der Waals surface area contributed by atoms with Crippen molar-refractivity contribution in [2.45, 2.75) is 59.9 Å². The number of hydrogen-bond acceptors (Lipinski definition) is 7. The van der Waals surface area contributed by atoms with Crippen LogP contribution in [0.4, 0.5) is 0 Å². The van der Waals surface area contributed by atoms with E-state index in [0.717, 1.165) is 18.5 Å². The number of carbonyl (C=O) groups is 4. The number of aromatic nitrogens is 2. The van der Waals surface area contributed by atoms with E-state index >= 15 is 0 Å². The topological polar surface area (TPSA) is 136 Å². The predicted molar refractivity (Wildman–Crippen MR) is 128 cm³/mol. The van der Waals surface area contributed by atoms with Crippen LogP contribution in [-0.4, -0.2) is 92.9 Å². The molecule has 0 saturated carbocycles. The molecule has 11 nitrogen and oxygen atoms in total. The summed E-state index contributed by atoms with van der Waals surface area (Å²) in [5.74, 6) is -1.46. The lowest BCUT2D eigenvalue weighted by molar-refractivity contribution is -0.155. The van der Waals surface area contributed by atoms with Crippen LogP contribution in [0.25, 0.3) is 0 Å². The molecule has 1 aromatic heterocycles. The molecular weight excluding hydrogens is 452 g/mol. The van der Waals surface area contributed by atoms with Crippen LogP contribution < -0.4 is 5.32 Å². The lowest BCUT2D eigenvalue weighted by atomic mass is 9.85. The van der Waals surface area contributed by atoms with E-state index in [4.69, 9.17) is 0 Å². The summed E-state index contributed by atoms with van der Waals surface area (Å²) in [5, 5.41) is 13.0. The van der Waals surface area contributed by atoms with Crippen molar-refractivity contribution in [2.24, 2.45) is 11.3 Å². The Morgan fingerprint density at radius 3 is 2.29 bits per heavy atom. The fourth-order valence-corrected chi connectivity index (χ4v) is 3.91. The minimum atomic E-state index is -0.798. The number of piperazine rings is 1. The van der Waals surface area contributed by atoms with Gasteiger partial charge in [0.2, 0.25) is 18.2 Å². The summed E-state index contributed by atoms with van der Waals surface area (Å²) >= 11 is 0. The average Bonchev–Trinajstić information content (AvgIpc) is 2.83. The van der Waals surface area contributed by atoms with Gasteiger partial charge in [0.15, 0.2) is 0 Å². The van der Waals surface area contributed by atoms with Crippen LogP contribution in [0.5, 0.6) is 0 Å². The van der Waals surface area contributed by atoms with Gasteiger partial charge in [0.25, 0.3) is 5.91 Å². The smallest absolute Gasteiger partial charge is 0.274 e. The average molecular weight is 491 g/mol. The molecule has 0 radical (unpaired) electrons. The van der Waals surface area contributed by atoms with Gasteiger partial charge in [-0.25, -0.2) is 10.0 Å². The molecule has 2 rings (SSSR count). The Kier molecular flexibility index (Phi) is 10.1. The number of nitrogens with zero attached hydrogens (tertiary/aromatic N) is 5. The lowest BCUT2D eigenvalue weighted by Gasteiger charge is -2.39. The van der Waals surface area contributed by atoms with Gasteiger partial charge in [-0.1, -0.05) is 40.5 Å². The van der Waals surface area contributed by atoms with E-state index in [9.17, 15) is 24.4 Å². The van der Waals surface area contributed by atoms with E-state index < -0.39 is 17.4 Å². The first-order chi connectivity index (χ1) is 16.5. The Morgan fingerprint density at radius 1 is 1.14 bits per heavy atom. The first-order valence-corrected chi connectivity index (χ1v) is 12.1. The Morgan fingerprint density at radius 2 is 1.77 bits per heavy atom. The van der Waals surface area contributed by atoms with E-state index in [1.54, 1.807) is 22.9 Å². The number of hydrogen-bond donors (Lipinski definition) is 2. The maximum atomic E-state index is 13.4. The fourth-order valence-electron chi connectivity index (χ4n) is 3.91. The molecule has 1 aromatic rings. The molecule has 35 heavy (non-hydrogen) atoms. The van der Waals surface area contributed by atoms with Gasteiger partial charge in [-0.05, 0) is 18.8 Å². The van der Waals surface area contributed by atoms with Gasteiger partial charge in [0.1, 0.15) is 11.7 Å². The van der Waals surface area contributed by atoms with Gasteiger partial charge in [-0.3, -0.25) is 29.4 Å². The van der Waals surface area contributed by atoms with Crippen molar-refractivity contribution in [1.82, 2.24) is 30.1 Å². The molecule has 2 N–H and O–H groups in total. The van der Waals surface area contributed by atoms with Crippen LogP contribution in [0.1, 0.15) is 63.1 Å². The molecule has 1 saturated heterocycles. The predicted octanol–water partition coefficient (Wildman–Crippen LogP) is 1.25. The Bertz CT molecular complexity index is 877. The minimum absolute atomic E-state index is 0.136. The summed E-state index contributed by atoms with van der Waals surface area (Å²) in [6, 6.07) is -0.798. The first-order valence-electron chi connectivity index (χ1n) is 12.1. The highest BCUT2D eigenvalue weighted by Gasteiger charge is 2.38. The molecule has 194 valence electrons. The molecule has 4 amide bonds. The Labute approximate surface area is 206 Å². The molecule has 0 bridgehead atoms. The second kappa shape index (κ2) is 12.6. The van der Waals surface area contributed by atoms with Gasteiger partial charge in [0.05, 0.1) is 24.4 Å². The van der Waals surface area contributed by atoms with Crippen molar-refractivity contribution in [3.63, 3.8) is 0 Å². The van der Waals surface area contributed by atoms with Crippen molar-refractivity contribution in [1.29, 1.82) is 0 Å². The van der Waals surface area contributed by atoms with E-state index in [0.29, 0.717) is 37.7 Å². The number of rotatable bonds is 10. The maximum Gasteiger partial charge on any atom is 0.274 e. The van der Waals surface area contributed by atoms with Gasteiger partial charge >= 0.3 is 0 Å². The zero-order valence-electron chi connectivity index (χ0n) is 21.4. The summed E-state index contributed by atoms with van der Waals surface area (Å²) < 4.78 is 0. The highest BCUT2D eigenvalue weighted by atomic mass is 16.5. The molecule has 1 aliphatic heterocycles. The molecule has 1 unspecified atom stereocenters. The van der Waals surface area contributed by atoms with Crippen LogP contribution >= 0.6 is 0 Å². The first kappa shape index (κ1) is 28.2. The number of aryl methyl sites for hydroxylation is 1. The molecule has 0 aromatic carbocycles. The van der Waals surface area contributed by atoms with Crippen LogP contribution in [0.15, 0.2) is 12.4 Å². The normalized spacial score (nSPS) is 15.8. The molecule has 2 heterocycles. The fraction of sp³-hybridized carbons (Fsp3) is 0.667. The second-order valence-electron chi connectivity index (χ2n) is 10.0. The van der Waals surface area contributed by atoms with E-state index in [1.807, 2.05) is 27.7 Å². The van der Waals surface area contributed by atoms with E-state index in [-0.39, 0.29) is 36.4 Å². The van der Waals surface area contributed by atoms with Gasteiger partial charge in [-0.15, -0.1) is 0 Å². The summed E-state index contributed by atoms with van der Waals surface area (Å²) in [5.41, 5.74) is 0.416. The Balaban J connectivity index is 2.06. The highest BCUT2D eigenvalue weighted by molar-refractivity contribution is 5.92. The monoisotopic (exact) mass is 490 g/mol. The third-order valence-electron chi connectivity index (χ3n) is 6.08. The van der Waals surface area contributed by atoms with Crippen molar-refractivity contribution >= 4 is 24.1 Å². The number of amides is 4. The largest absolute Gasteiger partial charge is 0.344 e. The number of hydroxylamine groups is 2. The summed E-state index contributed by atoms with van der Waals surface area (Å²) in [4.78, 5) is 61.7. The van der Waals surface area contributed by atoms with Crippen molar-refractivity contribution in [3.8, 4) is 0 Å². The van der Waals surface area contributed by atoms with Crippen molar-refractivity contribution in [2.75, 3.05) is 32.7 Å². The molecule has 1 fully saturated rings. The minimum Gasteiger partial charge on any atom is -0.344 e. The second-order valence-corrected chi connectivity index (χ2v) is 10.0.